The van der Waals surface area contributed by atoms with E-state index in [1.807, 2.05) is 0 Å². The van der Waals surface area contributed by atoms with E-state index in [1.54, 1.807) is 7.05 Å². The van der Waals surface area contributed by atoms with Crippen LogP contribution in [-0.2, 0) is 4.79 Å². The van der Waals surface area contributed by atoms with Gasteiger partial charge in [-0.15, -0.1) is 0 Å². The normalized spacial score (nSPS) is 21.2. The van der Waals surface area contributed by atoms with Gasteiger partial charge in [0.15, 0.2) is 5.96 Å². The number of benzene rings is 1. The second-order valence-electron chi connectivity index (χ2n) is 4.94. The molecule has 1 aliphatic carbocycles. The summed E-state index contributed by atoms with van der Waals surface area (Å²) in [7, 11) is 1.67. The van der Waals surface area contributed by atoms with Gasteiger partial charge in [-0.05, 0) is 36.6 Å². The third-order valence-corrected chi connectivity index (χ3v) is 3.20. The van der Waals surface area contributed by atoms with Gasteiger partial charge in [-0.25, -0.2) is 4.39 Å². The average Bonchev–Trinajstić information content (AvgIpc) is 3.12. The molecule has 108 valence electrons. The topological polar surface area (TPSA) is 65.5 Å². The fourth-order valence-electron chi connectivity index (χ4n) is 1.80. The third kappa shape index (κ3) is 4.22. The van der Waals surface area contributed by atoms with E-state index in [4.69, 9.17) is 0 Å². The van der Waals surface area contributed by atoms with Crippen molar-refractivity contribution in [3.8, 4) is 0 Å². The third-order valence-electron chi connectivity index (χ3n) is 3.20. The average molecular weight is 278 g/mol. The molecule has 20 heavy (non-hydrogen) atoms. The Balaban J connectivity index is 1.75. The zero-order valence-electron chi connectivity index (χ0n) is 11.6. The summed E-state index contributed by atoms with van der Waals surface area (Å²) in [5.41, 5.74) is 0.567. The van der Waals surface area contributed by atoms with Gasteiger partial charge in [0.05, 0.1) is 6.54 Å². The maximum Gasteiger partial charge on any atom is 0.243 e. The van der Waals surface area contributed by atoms with Crippen LogP contribution in [0.25, 0.3) is 0 Å². The first kappa shape index (κ1) is 14.3. The lowest BCUT2D eigenvalue weighted by Gasteiger charge is -2.11. The minimum Gasteiger partial charge on any atom is -0.353 e. The molecular formula is C14H19FN4O. The second-order valence-corrected chi connectivity index (χ2v) is 4.94. The minimum atomic E-state index is -0.329. The zero-order valence-corrected chi connectivity index (χ0v) is 11.6. The lowest BCUT2D eigenvalue weighted by Crippen LogP contribution is -2.42. The molecule has 1 aromatic carbocycles. The molecular weight excluding hydrogens is 259 g/mol. The van der Waals surface area contributed by atoms with Crippen LogP contribution in [0.5, 0.6) is 0 Å². The van der Waals surface area contributed by atoms with Crippen molar-refractivity contribution in [2.45, 2.75) is 19.4 Å². The summed E-state index contributed by atoms with van der Waals surface area (Å²) in [5.74, 6) is 0.739. The first-order chi connectivity index (χ1) is 9.58. The summed E-state index contributed by atoms with van der Waals surface area (Å²) in [4.78, 5) is 15.8. The van der Waals surface area contributed by atoms with Crippen molar-refractivity contribution >= 4 is 17.6 Å². The van der Waals surface area contributed by atoms with Gasteiger partial charge < -0.3 is 16.0 Å². The van der Waals surface area contributed by atoms with Crippen LogP contribution < -0.4 is 16.0 Å². The van der Waals surface area contributed by atoms with Crippen molar-refractivity contribution < 1.29 is 9.18 Å². The van der Waals surface area contributed by atoms with Gasteiger partial charge in [-0.1, -0.05) is 6.92 Å². The maximum absolute atomic E-state index is 12.7. The molecule has 5 nitrogen and oxygen atoms in total. The Bertz CT molecular complexity index is 500. The lowest BCUT2D eigenvalue weighted by atomic mass is 10.3. The Hall–Kier alpha value is -2.11. The molecule has 1 aliphatic rings. The molecule has 0 aromatic heterocycles. The Morgan fingerprint density at radius 3 is 2.60 bits per heavy atom. The molecule has 2 rings (SSSR count). The number of carbonyl (C=O) groups is 1. The predicted molar refractivity (Wildman–Crippen MR) is 77.1 cm³/mol. The number of carbonyl (C=O) groups excluding carboxylic acids is 1. The van der Waals surface area contributed by atoms with Gasteiger partial charge in [0.2, 0.25) is 5.91 Å². The monoisotopic (exact) mass is 278 g/mol. The Morgan fingerprint density at radius 2 is 2.05 bits per heavy atom. The highest BCUT2D eigenvalue weighted by atomic mass is 19.1. The first-order valence-corrected chi connectivity index (χ1v) is 6.61. The maximum atomic E-state index is 12.7. The van der Waals surface area contributed by atoms with Gasteiger partial charge >= 0.3 is 0 Å². The predicted octanol–water partition coefficient (Wildman–Crippen LogP) is 1.34. The van der Waals surface area contributed by atoms with Crippen LogP contribution in [0.1, 0.15) is 13.3 Å². The van der Waals surface area contributed by atoms with E-state index in [-0.39, 0.29) is 18.3 Å². The van der Waals surface area contributed by atoms with E-state index >= 15 is 0 Å². The van der Waals surface area contributed by atoms with E-state index in [0.29, 0.717) is 23.6 Å². The molecule has 1 saturated carbocycles. The molecule has 6 heteroatoms. The van der Waals surface area contributed by atoms with E-state index in [1.165, 1.54) is 24.3 Å². The van der Waals surface area contributed by atoms with Crippen molar-refractivity contribution in [2.24, 2.45) is 10.9 Å². The lowest BCUT2D eigenvalue weighted by molar-refractivity contribution is -0.115. The number of nitrogens with one attached hydrogen (secondary N) is 3. The smallest absolute Gasteiger partial charge is 0.243 e. The van der Waals surface area contributed by atoms with Crippen LogP contribution in [-0.4, -0.2) is 31.5 Å². The summed E-state index contributed by atoms with van der Waals surface area (Å²) >= 11 is 0. The van der Waals surface area contributed by atoms with Gasteiger partial charge in [-0.2, -0.15) is 0 Å². The number of halogens is 1. The Labute approximate surface area is 117 Å². The van der Waals surface area contributed by atoms with Crippen LogP contribution >= 0.6 is 0 Å². The summed E-state index contributed by atoms with van der Waals surface area (Å²) in [6, 6.07) is 6.09. The number of guanidine groups is 1. The Kier molecular flexibility index (Phi) is 4.55. The molecule has 0 saturated heterocycles. The largest absolute Gasteiger partial charge is 0.353 e. The number of rotatable bonds is 4. The quantitative estimate of drug-likeness (QED) is 0.575. The van der Waals surface area contributed by atoms with Crippen molar-refractivity contribution in [1.29, 1.82) is 0 Å². The summed E-state index contributed by atoms with van der Waals surface area (Å²) in [6.07, 6.45) is 1.13. The van der Waals surface area contributed by atoms with Crippen LogP contribution in [0.4, 0.5) is 10.1 Å². The first-order valence-electron chi connectivity index (χ1n) is 6.61. The van der Waals surface area contributed by atoms with Gasteiger partial charge in [0, 0.05) is 18.8 Å². The van der Waals surface area contributed by atoms with Crippen molar-refractivity contribution in [1.82, 2.24) is 10.6 Å². The highest BCUT2D eigenvalue weighted by molar-refractivity contribution is 5.95. The number of aliphatic imine (C=N–C) groups is 1. The molecule has 0 heterocycles. The molecule has 0 bridgehead atoms. The molecule has 0 spiro atoms. The van der Waals surface area contributed by atoms with Crippen molar-refractivity contribution in [3.05, 3.63) is 30.1 Å². The number of hydrogen-bond donors (Lipinski definition) is 3. The summed E-state index contributed by atoms with van der Waals surface area (Å²) in [5, 5.41) is 8.85. The zero-order chi connectivity index (χ0) is 14.5. The van der Waals surface area contributed by atoms with Gasteiger partial charge in [0.1, 0.15) is 5.82 Å². The van der Waals surface area contributed by atoms with Crippen LogP contribution in [0.3, 0.4) is 0 Å². The highest BCUT2D eigenvalue weighted by Crippen LogP contribution is 2.28. The van der Waals surface area contributed by atoms with E-state index < -0.39 is 0 Å². The van der Waals surface area contributed by atoms with E-state index in [9.17, 15) is 9.18 Å². The number of nitrogens with zero attached hydrogens (tertiary/aromatic N) is 1. The van der Waals surface area contributed by atoms with Crippen LogP contribution in [0.15, 0.2) is 29.3 Å². The van der Waals surface area contributed by atoms with E-state index in [0.717, 1.165) is 6.42 Å². The Morgan fingerprint density at radius 1 is 1.40 bits per heavy atom. The number of anilines is 1. The molecule has 2 unspecified atom stereocenters. The van der Waals surface area contributed by atoms with E-state index in [2.05, 4.69) is 27.9 Å². The number of hydrogen-bond acceptors (Lipinski definition) is 2. The molecule has 1 fully saturated rings. The van der Waals surface area contributed by atoms with Gasteiger partial charge in [-0.3, -0.25) is 9.79 Å². The second kappa shape index (κ2) is 6.36. The standard InChI is InChI=1S/C14H19FN4O/c1-9-7-12(9)19-14(16-2)17-8-13(20)18-11-5-3-10(15)4-6-11/h3-6,9,12H,7-8H2,1-2H3,(H,18,20)(H2,16,17,19). The van der Waals surface area contributed by atoms with Crippen molar-refractivity contribution in [3.63, 3.8) is 0 Å². The SMILES string of the molecule is CN=C(NCC(=O)Nc1ccc(F)cc1)NC1CC1C. The molecule has 0 radical (unpaired) electrons. The highest BCUT2D eigenvalue weighted by Gasteiger charge is 2.33. The summed E-state index contributed by atoms with van der Waals surface area (Å²) in [6.45, 7) is 2.27. The molecule has 3 N–H and O–H groups in total. The molecule has 0 aliphatic heterocycles. The molecule has 2 atom stereocenters. The minimum absolute atomic E-state index is 0.109. The van der Waals surface area contributed by atoms with Crippen LogP contribution in [0, 0.1) is 11.7 Å². The van der Waals surface area contributed by atoms with Crippen LogP contribution in [0.2, 0.25) is 0 Å². The summed E-state index contributed by atoms with van der Waals surface area (Å²) < 4.78 is 12.7. The fraction of sp³-hybridized carbons (Fsp3) is 0.429. The fourth-order valence-corrected chi connectivity index (χ4v) is 1.80. The van der Waals surface area contributed by atoms with Crippen molar-refractivity contribution in [2.75, 3.05) is 18.9 Å². The molecule has 1 amide bonds. The van der Waals surface area contributed by atoms with Gasteiger partial charge in [0.25, 0.3) is 0 Å². The number of amides is 1. The molecule has 1 aromatic rings.